The van der Waals surface area contributed by atoms with Crippen molar-refractivity contribution in [2.45, 2.75) is 6.54 Å². The van der Waals surface area contributed by atoms with Crippen LogP contribution in [0.15, 0.2) is 12.4 Å². The summed E-state index contributed by atoms with van der Waals surface area (Å²) < 4.78 is 2.06. The molecule has 2 rings (SSSR count). The SMILES string of the molecule is Cn1ccnc1CNCCN1CCSCC1. The molecule has 16 heavy (non-hydrogen) atoms. The Kier molecular flexibility index (Phi) is 4.69. The molecular formula is C11H20N4S. The molecule has 4 nitrogen and oxygen atoms in total. The lowest BCUT2D eigenvalue weighted by Gasteiger charge is -2.26. The zero-order chi connectivity index (χ0) is 11.2. The molecule has 0 atom stereocenters. The Labute approximate surface area is 101 Å². The van der Waals surface area contributed by atoms with Gasteiger partial charge in [0.15, 0.2) is 0 Å². The topological polar surface area (TPSA) is 33.1 Å². The van der Waals surface area contributed by atoms with E-state index >= 15 is 0 Å². The molecule has 0 spiro atoms. The van der Waals surface area contributed by atoms with Crippen LogP contribution in [0.1, 0.15) is 5.82 Å². The minimum Gasteiger partial charge on any atom is -0.337 e. The van der Waals surface area contributed by atoms with Gasteiger partial charge in [-0.25, -0.2) is 4.98 Å². The third-order valence-corrected chi connectivity index (χ3v) is 3.86. The van der Waals surface area contributed by atoms with Crippen molar-refractivity contribution in [1.82, 2.24) is 19.8 Å². The van der Waals surface area contributed by atoms with Gasteiger partial charge < -0.3 is 14.8 Å². The second kappa shape index (κ2) is 6.27. The first-order valence-electron chi connectivity index (χ1n) is 5.83. The number of rotatable bonds is 5. The molecule has 1 aliphatic rings. The maximum atomic E-state index is 4.28. The zero-order valence-electron chi connectivity index (χ0n) is 9.85. The van der Waals surface area contributed by atoms with Crippen molar-refractivity contribution in [3.63, 3.8) is 0 Å². The number of imidazole rings is 1. The Morgan fingerprint density at radius 3 is 2.94 bits per heavy atom. The maximum absolute atomic E-state index is 4.28. The van der Waals surface area contributed by atoms with Gasteiger partial charge in [0.25, 0.3) is 0 Å². The highest BCUT2D eigenvalue weighted by Gasteiger charge is 2.09. The van der Waals surface area contributed by atoms with Gasteiger partial charge >= 0.3 is 0 Å². The standard InChI is InChI=1S/C11H20N4S/c1-14-4-3-13-11(14)10-12-2-5-15-6-8-16-9-7-15/h3-4,12H,2,5-10H2,1H3. The van der Waals surface area contributed by atoms with Crippen LogP contribution in [0.5, 0.6) is 0 Å². The van der Waals surface area contributed by atoms with Gasteiger partial charge in [-0.15, -0.1) is 0 Å². The molecule has 90 valence electrons. The Hall–Kier alpha value is -0.520. The van der Waals surface area contributed by atoms with Crippen molar-refractivity contribution in [3.05, 3.63) is 18.2 Å². The molecule has 1 aromatic rings. The fourth-order valence-electron chi connectivity index (χ4n) is 1.83. The molecule has 1 aliphatic heterocycles. The number of hydrogen-bond acceptors (Lipinski definition) is 4. The van der Waals surface area contributed by atoms with Crippen molar-refractivity contribution in [2.24, 2.45) is 7.05 Å². The highest BCUT2D eigenvalue weighted by molar-refractivity contribution is 7.99. The van der Waals surface area contributed by atoms with Crippen LogP contribution in [0.25, 0.3) is 0 Å². The van der Waals surface area contributed by atoms with E-state index in [1.165, 1.54) is 24.6 Å². The van der Waals surface area contributed by atoms with E-state index < -0.39 is 0 Å². The van der Waals surface area contributed by atoms with Crippen molar-refractivity contribution in [2.75, 3.05) is 37.7 Å². The van der Waals surface area contributed by atoms with Gasteiger partial charge in [-0.2, -0.15) is 11.8 Å². The molecule has 0 unspecified atom stereocenters. The Morgan fingerprint density at radius 1 is 1.44 bits per heavy atom. The lowest BCUT2D eigenvalue weighted by molar-refractivity contribution is 0.300. The largest absolute Gasteiger partial charge is 0.337 e. The molecule has 2 heterocycles. The van der Waals surface area contributed by atoms with Crippen LogP contribution >= 0.6 is 11.8 Å². The summed E-state index contributed by atoms with van der Waals surface area (Å²) in [5, 5.41) is 3.44. The van der Waals surface area contributed by atoms with Crippen molar-refractivity contribution in [1.29, 1.82) is 0 Å². The molecule has 5 heteroatoms. The summed E-state index contributed by atoms with van der Waals surface area (Å²) in [6.45, 7) is 5.57. The summed E-state index contributed by atoms with van der Waals surface area (Å²) in [7, 11) is 2.03. The molecule has 1 N–H and O–H groups in total. The van der Waals surface area contributed by atoms with Crippen molar-refractivity contribution in [3.8, 4) is 0 Å². The van der Waals surface area contributed by atoms with E-state index in [4.69, 9.17) is 0 Å². The molecular weight excluding hydrogens is 220 g/mol. The van der Waals surface area contributed by atoms with E-state index in [1.54, 1.807) is 0 Å². The summed E-state index contributed by atoms with van der Waals surface area (Å²) in [6.07, 6.45) is 3.83. The van der Waals surface area contributed by atoms with Crippen LogP contribution < -0.4 is 5.32 Å². The van der Waals surface area contributed by atoms with Gasteiger partial charge in [0.05, 0.1) is 6.54 Å². The average Bonchev–Trinajstić information content (AvgIpc) is 2.72. The molecule has 0 aromatic carbocycles. The Bertz CT molecular complexity index is 307. The average molecular weight is 240 g/mol. The molecule has 0 bridgehead atoms. The van der Waals surface area contributed by atoms with E-state index in [0.717, 1.165) is 25.5 Å². The minimum absolute atomic E-state index is 0.867. The first kappa shape index (κ1) is 12.0. The molecule has 0 saturated carbocycles. The van der Waals surface area contributed by atoms with Crippen molar-refractivity contribution >= 4 is 11.8 Å². The summed E-state index contributed by atoms with van der Waals surface area (Å²) in [6, 6.07) is 0. The van der Waals surface area contributed by atoms with Crippen LogP contribution in [0.4, 0.5) is 0 Å². The number of aromatic nitrogens is 2. The van der Waals surface area contributed by atoms with E-state index in [-0.39, 0.29) is 0 Å². The number of aryl methyl sites for hydroxylation is 1. The number of thioether (sulfide) groups is 1. The molecule has 0 aliphatic carbocycles. The van der Waals surface area contributed by atoms with Gasteiger partial charge in [0.2, 0.25) is 0 Å². The quantitative estimate of drug-likeness (QED) is 0.762. The smallest absolute Gasteiger partial charge is 0.122 e. The summed E-state index contributed by atoms with van der Waals surface area (Å²) >= 11 is 2.06. The third kappa shape index (κ3) is 3.50. The van der Waals surface area contributed by atoms with Crippen LogP contribution in [0.2, 0.25) is 0 Å². The Balaban J connectivity index is 1.59. The summed E-state index contributed by atoms with van der Waals surface area (Å²) in [5.74, 6) is 3.69. The van der Waals surface area contributed by atoms with Crippen LogP contribution in [0.3, 0.4) is 0 Å². The molecule has 0 radical (unpaired) electrons. The second-order valence-electron chi connectivity index (χ2n) is 4.09. The highest BCUT2D eigenvalue weighted by atomic mass is 32.2. The fourth-order valence-corrected chi connectivity index (χ4v) is 2.81. The predicted molar refractivity (Wildman–Crippen MR) is 68.7 cm³/mol. The number of nitrogens with one attached hydrogen (secondary N) is 1. The van der Waals surface area contributed by atoms with Crippen molar-refractivity contribution < 1.29 is 0 Å². The highest BCUT2D eigenvalue weighted by Crippen LogP contribution is 2.07. The number of nitrogens with zero attached hydrogens (tertiary/aromatic N) is 3. The van der Waals surface area contributed by atoms with E-state index in [9.17, 15) is 0 Å². The predicted octanol–water partition coefficient (Wildman–Crippen LogP) is 0.559. The summed E-state index contributed by atoms with van der Waals surface area (Å²) in [4.78, 5) is 6.81. The van der Waals surface area contributed by atoms with Gasteiger partial charge in [0.1, 0.15) is 5.82 Å². The normalized spacial score (nSPS) is 17.8. The number of hydrogen-bond donors (Lipinski definition) is 1. The van der Waals surface area contributed by atoms with Gasteiger partial charge in [-0.05, 0) is 0 Å². The Morgan fingerprint density at radius 2 is 2.25 bits per heavy atom. The first-order valence-corrected chi connectivity index (χ1v) is 6.99. The maximum Gasteiger partial charge on any atom is 0.122 e. The molecule has 1 aromatic heterocycles. The molecule has 1 fully saturated rings. The van der Waals surface area contributed by atoms with E-state index in [0.29, 0.717) is 0 Å². The monoisotopic (exact) mass is 240 g/mol. The molecule has 1 saturated heterocycles. The van der Waals surface area contributed by atoms with Gasteiger partial charge in [-0.1, -0.05) is 0 Å². The lowest BCUT2D eigenvalue weighted by atomic mass is 10.4. The van der Waals surface area contributed by atoms with E-state index in [2.05, 4.69) is 31.5 Å². The first-order chi connectivity index (χ1) is 7.86. The van der Waals surface area contributed by atoms with Gasteiger partial charge in [-0.3, -0.25) is 0 Å². The second-order valence-corrected chi connectivity index (χ2v) is 5.31. The van der Waals surface area contributed by atoms with Gasteiger partial charge in [0, 0.05) is 57.1 Å². The van der Waals surface area contributed by atoms with Crippen LogP contribution in [-0.2, 0) is 13.6 Å². The lowest BCUT2D eigenvalue weighted by Crippen LogP contribution is -2.37. The van der Waals surface area contributed by atoms with Crippen LogP contribution in [-0.4, -0.2) is 52.1 Å². The third-order valence-electron chi connectivity index (χ3n) is 2.91. The zero-order valence-corrected chi connectivity index (χ0v) is 10.7. The van der Waals surface area contributed by atoms with E-state index in [1.807, 2.05) is 19.4 Å². The van der Waals surface area contributed by atoms with Crippen LogP contribution in [0, 0.1) is 0 Å². The molecule has 0 amide bonds. The fraction of sp³-hybridized carbons (Fsp3) is 0.727. The minimum atomic E-state index is 0.867. The summed E-state index contributed by atoms with van der Waals surface area (Å²) in [5.41, 5.74) is 0.